The lowest BCUT2D eigenvalue weighted by atomic mass is 10.0. The molecule has 0 saturated heterocycles. The van der Waals surface area contributed by atoms with Crippen LogP contribution in [0.1, 0.15) is 39.2 Å². The first-order valence-electron chi connectivity index (χ1n) is 5.32. The van der Waals surface area contributed by atoms with E-state index in [0.29, 0.717) is 0 Å². The maximum atomic E-state index is 13.3. The first-order valence-corrected chi connectivity index (χ1v) is 7.21. The molecular formula is C12H19FO2S. The Labute approximate surface area is 97.4 Å². The third-order valence-corrected chi connectivity index (χ3v) is 3.15. The van der Waals surface area contributed by atoms with Crippen LogP contribution in [0.25, 0.3) is 0 Å². The van der Waals surface area contributed by atoms with Gasteiger partial charge in [-0.2, -0.15) is 0 Å². The van der Waals surface area contributed by atoms with E-state index in [-0.39, 0.29) is 10.8 Å². The van der Waals surface area contributed by atoms with E-state index in [1.54, 1.807) is 6.07 Å². The molecule has 4 heteroatoms. The molecule has 0 fully saturated rings. The van der Waals surface area contributed by atoms with E-state index in [1.165, 1.54) is 12.1 Å². The van der Waals surface area contributed by atoms with Crippen molar-refractivity contribution in [3.05, 3.63) is 29.6 Å². The lowest BCUT2D eigenvalue weighted by Gasteiger charge is -2.07. The van der Waals surface area contributed by atoms with Gasteiger partial charge in [-0.3, -0.25) is 0 Å². The van der Waals surface area contributed by atoms with Crippen LogP contribution in [0.5, 0.6) is 0 Å². The summed E-state index contributed by atoms with van der Waals surface area (Å²) in [5.74, 6) is -0.475. The fraction of sp³-hybridized carbons (Fsp3) is 0.500. The van der Waals surface area contributed by atoms with Crippen LogP contribution in [-0.4, -0.2) is 14.7 Å². The number of rotatable bonds is 2. The summed E-state index contributed by atoms with van der Waals surface area (Å²) in [4.78, 5) is -0.234. The second kappa shape index (κ2) is 5.99. The van der Waals surface area contributed by atoms with Crippen LogP contribution in [0.4, 0.5) is 4.39 Å². The molecule has 0 unspecified atom stereocenters. The monoisotopic (exact) mass is 246 g/mol. The van der Waals surface area contributed by atoms with Gasteiger partial charge in [0.1, 0.15) is 10.7 Å². The van der Waals surface area contributed by atoms with E-state index in [4.69, 9.17) is 0 Å². The molecule has 0 atom stereocenters. The van der Waals surface area contributed by atoms with E-state index in [2.05, 4.69) is 0 Å². The highest BCUT2D eigenvalue weighted by molar-refractivity contribution is 7.90. The SMILES string of the molecule is CC.CC(C)c1ccc(S(C)(=O)=O)c(F)c1. The van der Waals surface area contributed by atoms with E-state index in [1.807, 2.05) is 27.7 Å². The van der Waals surface area contributed by atoms with E-state index in [0.717, 1.165) is 11.8 Å². The van der Waals surface area contributed by atoms with Gasteiger partial charge in [0.15, 0.2) is 9.84 Å². The Kier molecular flexibility index (Phi) is 5.65. The number of hydrogen-bond donors (Lipinski definition) is 0. The van der Waals surface area contributed by atoms with Crippen LogP contribution >= 0.6 is 0 Å². The first-order chi connectivity index (χ1) is 7.32. The van der Waals surface area contributed by atoms with Crippen LogP contribution in [0.3, 0.4) is 0 Å². The number of hydrogen-bond acceptors (Lipinski definition) is 2. The van der Waals surface area contributed by atoms with Crippen molar-refractivity contribution in [2.24, 2.45) is 0 Å². The molecule has 0 saturated carbocycles. The summed E-state index contributed by atoms with van der Waals surface area (Å²) in [7, 11) is -3.45. The van der Waals surface area contributed by atoms with Crippen molar-refractivity contribution in [3.8, 4) is 0 Å². The third kappa shape index (κ3) is 3.93. The second-order valence-electron chi connectivity index (χ2n) is 3.62. The van der Waals surface area contributed by atoms with Gasteiger partial charge in [0.2, 0.25) is 0 Å². The molecule has 0 amide bonds. The molecule has 0 aromatic heterocycles. The van der Waals surface area contributed by atoms with Crippen LogP contribution in [0.2, 0.25) is 0 Å². The van der Waals surface area contributed by atoms with Gasteiger partial charge in [-0.1, -0.05) is 33.8 Å². The molecule has 0 spiro atoms. The number of halogens is 1. The lowest BCUT2D eigenvalue weighted by molar-refractivity contribution is 0.568. The molecular weight excluding hydrogens is 227 g/mol. The summed E-state index contributed by atoms with van der Waals surface area (Å²) in [5.41, 5.74) is 0.801. The Morgan fingerprint density at radius 3 is 2.00 bits per heavy atom. The second-order valence-corrected chi connectivity index (χ2v) is 5.60. The first kappa shape index (κ1) is 15.1. The normalized spacial score (nSPS) is 10.9. The maximum absolute atomic E-state index is 13.3. The minimum atomic E-state index is -3.45. The lowest BCUT2D eigenvalue weighted by Crippen LogP contribution is -2.01. The summed E-state index contributed by atoms with van der Waals surface area (Å²) < 4.78 is 35.5. The zero-order valence-electron chi connectivity index (χ0n) is 10.4. The highest BCUT2D eigenvalue weighted by Crippen LogP contribution is 2.20. The largest absolute Gasteiger partial charge is 0.224 e. The number of benzene rings is 1. The molecule has 1 aromatic rings. The van der Waals surface area contributed by atoms with Crippen molar-refractivity contribution in [1.82, 2.24) is 0 Å². The summed E-state index contributed by atoms with van der Waals surface area (Å²) in [5, 5.41) is 0. The summed E-state index contributed by atoms with van der Waals surface area (Å²) in [6, 6.07) is 4.24. The Morgan fingerprint density at radius 2 is 1.69 bits per heavy atom. The number of sulfone groups is 1. The van der Waals surface area contributed by atoms with Crippen LogP contribution < -0.4 is 0 Å². The molecule has 0 aliphatic carbocycles. The van der Waals surface area contributed by atoms with Gasteiger partial charge >= 0.3 is 0 Å². The highest BCUT2D eigenvalue weighted by Gasteiger charge is 2.14. The molecule has 0 radical (unpaired) electrons. The average molecular weight is 246 g/mol. The van der Waals surface area contributed by atoms with Gasteiger partial charge in [0.05, 0.1) is 0 Å². The molecule has 0 aliphatic rings. The van der Waals surface area contributed by atoms with Gasteiger partial charge in [-0.25, -0.2) is 12.8 Å². The minimum absolute atomic E-state index is 0.193. The Bertz CT molecular complexity index is 436. The molecule has 0 aliphatic heterocycles. The van der Waals surface area contributed by atoms with Gasteiger partial charge in [-0.15, -0.1) is 0 Å². The summed E-state index contributed by atoms with van der Waals surface area (Å²) >= 11 is 0. The predicted molar refractivity (Wildman–Crippen MR) is 64.9 cm³/mol. The minimum Gasteiger partial charge on any atom is -0.224 e. The summed E-state index contributed by atoms with van der Waals surface area (Å²) in [6.07, 6.45) is 1.00. The van der Waals surface area contributed by atoms with Crippen molar-refractivity contribution in [2.45, 2.75) is 38.5 Å². The van der Waals surface area contributed by atoms with Crippen molar-refractivity contribution in [2.75, 3.05) is 6.26 Å². The van der Waals surface area contributed by atoms with Gasteiger partial charge in [0.25, 0.3) is 0 Å². The Balaban J connectivity index is 0.00000106. The van der Waals surface area contributed by atoms with E-state index in [9.17, 15) is 12.8 Å². The van der Waals surface area contributed by atoms with Crippen molar-refractivity contribution >= 4 is 9.84 Å². The molecule has 92 valence electrons. The predicted octanol–water partition coefficient (Wildman–Crippen LogP) is 3.38. The molecule has 0 bridgehead atoms. The van der Waals surface area contributed by atoms with Crippen molar-refractivity contribution in [1.29, 1.82) is 0 Å². The van der Waals surface area contributed by atoms with E-state index < -0.39 is 15.7 Å². The quantitative estimate of drug-likeness (QED) is 0.801. The van der Waals surface area contributed by atoms with Crippen molar-refractivity contribution in [3.63, 3.8) is 0 Å². The zero-order chi connectivity index (χ0) is 12.9. The molecule has 1 aromatic carbocycles. The van der Waals surface area contributed by atoms with Gasteiger partial charge in [0, 0.05) is 6.26 Å². The molecule has 1 rings (SSSR count). The van der Waals surface area contributed by atoms with Crippen molar-refractivity contribution < 1.29 is 12.8 Å². The van der Waals surface area contributed by atoms with Gasteiger partial charge < -0.3 is 0 Å². The molecule has 0 N–H and O–H groups in total. The highest BCUT2D eigenvalue weighted by atomic mass is 32.2. The standard InChI is InChI=1S/C10H13FO2S.C2H6/c1-7(2)8-4-5-10(9(11)6-8)14(3,12)13;1-2/h4-7H,1-3H3;1-2H3. The van der Waals surface area contributed by atoms with Gasteiger partial charge in [-0.05, 0) is 23.6 Å². The van der Waals surface area contributed by atoms with E-state index >= 15 is 0 Å². The van der Waals surface area contributed by atoms with Crippen LogP contribution in [0, 0.1) is 5.82 Å². The molecule has 16 heavy (non-hydrogen) atoms. The molecule has 2 nitrogen and oxygen atoms in total. The van der Waals surface area contributed by atoms with Crippen LogP contribution in [-0.2, 0) is 9.84 Å². The Hall–Kier alpha value is -0.900. The fourth-order valence-corrected chi connectivity index (χ4v) is 1.91. The molecule has 0 heterocycles. The Morgan fingerprint density at radius 1 is 1.19 bits per heavy atom. The topological polar surface area (TPSA) is 34.1 Å². The van der Waals surface area contributed by atoms with Crippen LogP contribution in [0.15, 0.2) is 23.1 Å². The third-order valence-electron chi connectivity index (χ3n) is 2.02. The zero-order valence-corrected chi connectivity index (χ0v) is 11.2. The average Bonchev–Trinajstić information content (AvgIpc) is 2.18. The summed E-state index contributed by atoms with van der Waals surface area (Å²) in [6.45, 7) is 7.85. The fourth-order valence-electron chi connectivity index (χ4n) is 1.18. The smallest absolute Gasteiger partial charge is 0.178 e. The maximum Gasteiger partial charge on any atom is 0.178 e.